The Hall–Kier alpha value is -3.16. The van der Waals surface area contributed by atoms with Crippen LogP contribution in [0.15, 0.2) is 88.3 Å². The van der Waals surface area contributed by atoms with Gasteiger partial charge in [0.05, 0.1) is 13.7 Å². The van der Waals surface area contributed by atoms with Gasteiger partial charge in [0.1, 0.15) is 5.75 Å². The highest BCUT2D eigenvalue weighted by molar-refractivity contribution is 9.10. The second-order valence-electron chi connectivity index (χ2n) is 7.96. The summed E-state index contributed by atoms with van der Waals surface area (Å²) < 4.78 is 18.1. The van der Waals surface area contributed by atoms with Crippen LogP contribution in [0.4, 0.5) is 0 Å². The van der Waals surface area contributed by atoms with Crippen LogP contribution in [0.1, 0.15) is 29.2 Å². The normalized spacial score (nSPS) is 19.3. The topological polar surface area (TPSA) is 77.4 Å². The summed E-state index contributed by atoms with van der Waals surface area (Å²) in [6.45, 7) is 0.510. The van der Waals surface area contributed by atoms with Gasteiger partial charge >= 0.3 is 5.97 Å². The standard InChI is InChI=1S/C27H26BrNO5/c1-32-26(31)27(18-19-8-3-2-4-9-19)24(22-10-5-6-11-23(22)28)34-25(29-27)20-12-14-21(15-13-20)33-17-7-16-30/h2-6,8-15,24,30H,7,16-18H2,1H3/t24-,27-/m1/s1. The van der Waals surface area contributed by atoms with Crippen molar-refractivity contribution >= 4 is 27.8 Å². The van der Waals surface area contributed by atoms with Crippen LogP contribution in [-0.4, -0.2) is 42.8 Å². The first-order valence-corrected chi connectivity index (χ1v) is 11.8. The number of aliphatic hydroxyl groups excluding tert-OH is 1. The van der Waals surface area contributed by atoms with E-state index in [2.05, 4.69) is 15.9 Å². The van der Waals surface area contributed by atoms with Gasteiger partial charge in [0.2, 0.25) is 11.4 Å². The van der Waals surface area contributed by atoms with Gasteiger partial charge in [0, 0.05) is 35.0 Å². The van der Waals surface area contributed by atoms with Gasteiger partial charge in [-0.1, -0.05) is 64.5 Å². The first-order chi connectivity index (χ1) is 16.6. The molecule has 0 bridgehead atoms. The van der Waals surface area contributed by atoms with Crippen LogP contribution in [0.5, 0.6) is 5.75 Å². The van der Waals surface area contributed by atoms with Gasteiger partial charge in [0.25, 0.3) is 0 Å². The number of benzene rings is 3. The molecule has 0 radical (unpaired) electrons. The molecule has 1 aliphatic heterocycles. The molecule has 0 fully saturated rings. The van der Waals surface area contributed by atoms with E-state index in [4.69, 9.17) is 24.3 Å². The number of rotatable bonds is 9. The van der Waals surface area contributed by atoms with Gasteiger partial charge in [-0.3, -0.25) is 0 Å². The third-order valence-corrected chi connectivity index (χ3v) is 6.40. The fraction of sp³-hybridized carbons (Fsp3) is 0.259. The van der Waals surface area contributed by atoms with Gasteiger partial charge in [-0.05, 0) is 35.9 Å². The quantitative estimate of drug-likeness (QED) is 0.319. The van der Waals surface area contributed by atoms with E-state index in [1.807, 2.05) is 78.9 Å². The minimum Gasteiger partial charge on any atom is -0.494 e. The number of esters is 1. The van der Waals surface area contributed by atoms with Crippen LogP contribution in [0.2, 0.25) is 0 Å². The smallest absolute Gasteiger partial charge is 0.338 e. The van der Waals surface area contributed by atoms with E-state index in [9.17, 15) is 4.79 Å². The molecule has 0 spiro atoms. The Labute approximate surface area is 207 Å². The summed E-state index contributed by atoms with van der Waals surface area (Å²) in [4.78, 5) is 18.2. The second-order valence-corrected chi connectivity index (χ2v) is 8.82. The molecule has 0 saturated carbocycles. The lowest BCUT2D eigenvalue weighted by molar-refractivity contribution is -0.150. The van der Waals surface area contributed by atoms with Crippen molar-refractivity contribution in [3.8, 4) is 5.75 Å². The molecule has 0 saturated heterocycles. The number of hydrogen-bond donors (Lipinski definition) is 1. The number of hydrogen-bond acceptors (Lipinski definition) is 6. The summed E-state index contributed by atoms with van der Waals surface area (Å²) in [5, 5.41) is 8.94. The summed E-state index contributed by atoms with van der Waals surface area (Å²) in [6, 6.07) is 24.7. The van der Waals surface area contributed by atoms with Crippen LogP contribution < -0.4 is 4.74 Å². The van der Waals surface area contributed by atoms with Crippen LogP contribution in [0.25, 0.3) is 0 Å². The van der Waals surface area contributed by atoms with E-state index in [0.29, 0.717) is 31.1 Å². The fourth-order valence-electron chi connectivity index (χ4n) is 4.01. The van der Waals surface area contributed by atoms with Crippen molar-refractivity contribution in [1.29, 1.82) is 0 Å². The number of ether oxygens (including phenoxy) is 3. The van der Waals surface area contributed by atoms with Crippen molar-refractivity contribution in [3.63, 3.8) is 0 Å². The van der Waals surface area contributed by atoms with Crippen molar-refractivity contribution in [2.45, 2.75) is 24.5 Å². The summed E-state index contributed by atoms with van der Waals surface area (Å²) in [5.74, 6) is 0.585. The van der Waals surface area contributed by atoms with Gasteiger partial charge < -0.3 is 19.3 Å². The zero-order chi connectivity index (χ0) is 24.0. The molecule has 1 aliphatic rings. The number of carbonyl (C=O) groups is 1. The van der Waals surface area contributed by atoms with Crippen molar-refractivity contribution in [3.05, 3.63) is 100 Å². The molecule has 3 aromatic carbocycles. The minimum absolute atomic E-state index is 0.0796. The molecule has 4 rings (SSSR count). The first kappa shape index (κ1) is 24.0. The lowest BCUT2D eigenvalue weighted by atomic mass is 9.83. The third kappa shape index (κ3) is 5.00. The number of halogens is 1. The van der Waals surface area contributed by atoms with Crippen LogP contribution in [-0.2, 0) is 20.7 Å². The van der Waals surface area contributed by atoms with Crippen LogP contribution in [0.3, 0.4) is 0 Å². The third-order valence-electron chi connectivity index (χ3n) is 5.68. The molecule has 7 heteroatoms. The Morgan fingerprint density at radius 3 is 2.44 bits per heavy atom. The molecule has 1 N–H and O–H groups in total. The molecule has 0 aromatic heterocycles. The zero-order valence-electron chi connectivity index (χ0n) is 18.8. The number of carbonyl (C=O) groups excluding carboxylic acids is 1. The highest BCUT2D eigenvalue weighted by Crippen LogP contribution is 2.45. The molecular formula is C27H26BrNO5. The van der Waals surface area contributed by atoms with Gasteiger partial charge in [0.15, 0.2) is 6.10 Å². The Bertz CT molecular complexity index is 1150. The van der Waals surface area contributed by atoms with E-state index < -0.39 is 17.6 Å². The van der Waals surface area contributed by atoms with Crippen molar-refractivity contribution < 1.29 is 24.1 Å². The van der Waals surface area contributed by atoms with Gasteiger partial charge in [-0.2, -0.15) is 0 Å². The van der Waals surface area contributed by atoms with Gasteiger partial charge in [-0.15, -0.1) is 0 Å². The fourth-order valence-corrected chi connectivity index (χ4v) is 4.50. The maximum atomic E-state index is 13.3. The average molecular weight is 524 g/mol. The molecule has 0 aliphatic carbocycles. The molecule has 176 valence electrons. The Balaban J connectivity index is 1.75. The lowest BCUT2D eigenvalue weighted by Crippen LogP contribution is -2.44. The highest BCUT2D eigenvalue weighted by atomic mass is 79.9. The predicted octanol–water partition coefficient (Wildman–Crippen LogP) is 4.88. The Morgan fingerprint density at radius 1 is 1.06 bits per heavy atom. The molecule has 2 atom stereocenters. The van der Waals surface area contributed by atoms with Crippen LogP contribution >= 0.6 is 15.9 Å². The van der Waals surface area contributed by atoms with Gasteiger partial charge in [-0.25, -0.2) is 9.79 Å². The Kier molecular flexibility index (Phi) is 7.65. The van der Waals surface area contributed by atoms with Crippen LogP contribution in [0, 0.1) is 0 Å². The SMILES string of the molecule is COC(=O)[C@]1(Cc2ccccc2)N=C(c2ccc(OCCCO)cc2)O[C@@H]1c1ccccc1Br. The zero-order valence-corrected chi connectivity index (χ0v) is 20.4. The van der Waals surface area contributed by atoms with E-state index in [1.165, 1.54) is 7.11 Å². The second kappa shape index (κ2) is 10.8. The maximum Gasteiger partial charge on any atom is 0.338 e. The molecule has 3 aromatic rings. The molecule has 1 heterocycles. The summed E-state index contributed by atoms with van der Waals surface area (Å²) in [7, 11) is 1.37. The molecule has 0 unspecified atom stereocenters. The molecule has 0 amide bonds. The number of aliphatic imine (C=N–C) groups is 1. The van der Waals surface area contributed by atoms with E-state index >= 15 is 0 Å². The Morgan fingerprint density at radius 2 is 1.76 bits per heavy atom. The van der Waals surface area contributed by atoms with E-state index in [0.717, 1.165) is 21.2 Å². The average Bonchev–Trinajstić information content (AvgIpc) is 3.25. The van der Waals surface area contributed by atoms with Crippen molar-refractivity contribution in [2.24, 2.45) is 4.99 Å². The maximum absolute atomic E-state index is 13.3. The molecular weight excluding hydrogens is 498 g/mol. The summed E-state index contributed by atoms with van der Waals surface area (Å²) >= 11 is 3.61. The van der Waals surface area contributed by atoms with E-state index in [-0.39, 0.29) is 6.61 Å². The lowest BCUT2D eigenvalue weighted by Gasteiger charge is -2.29. The summed E-state index contributed by atoms with van der Waals surface area (Å²) in [6.07, 6.45) is 0.191. The predicted molar refractivity (Wildman–Crippen MR) is 133 cm³/mol. The largest absolute Gasteiger partial charge is 0.494 e. The van der Waals surface area contributed by atoms with Crippen molar-refractivity contribution in [2.75, 3.05) is 20.3 Å². The summed E-state index contributed by atoms with van der Waals surface area (Å²) in [5.41, 5.74) is 1.19. The highest BCUT2D eigenvalue weighted by Gasteiger charge is 2.54. The monoisotopic (exact) mass is 523 g/mol. The molecule has 34 heavy (non-hydrogen) atoms. The minimum atomic E-state index is -1.30. The van der Waals surface area contributed by atoms with Crippen molar-refractivity contribution in [1.82, 2.24) is 0 Å². The van der Waals surface area contributed by atoms with E-state index in [1.54, 1.807) is 0 Å². The number of aliphatic hydroxyl groups is 1. The molecule has 6 nitrogen and oxygen atoms in total. The number of methoxy groups -OCH3 is 1. The number of nitrogens with zero attached hydrogens (tertiary/aromatic N) is 1. The first-order valence-electron chi connectivity index (χ1n) is 11.0.